The molecule has 10 nitrogen and oxygen atoms in total. The summed E-state index contributed by atoms with van der Waals surface area (Å²) >= 11 is 0. The summed E-state index contributed by atoms with van der Waals surface area (Å²) in [6.45, 7) is 9.00. The highest BCUT2D eigenvalue weighted by Crippen LogP contribution is 2.32. The molecule has 0 unspecified atom stereocenters. The smallest absolute Gasteiger partial charge is 0.331 e. The van der Waals surface area contributed by atoms with Gasteiger partial charge in [0.15, 0.2) is 5.82 Å². The Balaban J connectivity index is 1.32. The zero-order chi connectivity index (χ0) is 24.6. The number of carbonyl (C=O) groups is 1. The predicted octanol–water partition coefficient (Wildman–Crippen LogP) is 4.55. The van der Waals surface area contributed by atoms with Crippen molar-refractivity contribution in [2.45, 2.75) is 39.3 Å². The maximum Gasteiger partial charge on any atom is 0.331 e. The molecule has 0 saturated heterocycles. The number of carbonyl (C=O) groups excluding carboxylic acids is 1. The average molecular weight is 477 g/mol. The molecule has 1 amide bonds. The number of benzene rings is 1. The lowest BCUT2D eigenvalue weighted by atomic mass is 9.93. The highest BCUT2D eigenvalue weighted by Gasteiger charge is 2.25. The highest BCUT2D eigenvalue weighted by molar-refractivity contribution is 5.98. The summed E-state index contributed by atoms with van der Waals surface area (Å²) in [5, 5.41) is 7.61. The van der Waals surface area contributed by atoms with Crippen molar-refractivity contribution in [3.05, 3.63) is 59.9 Å². The van der Waals surface area contributed by atoms with Gasteiger partial charge in [0.05, 0.1) is 23.4 Å². The Bertz CT molecular complexity index is 1370. The van der Waals surface area contributed by atoms with Crippen LogP contribution in [0.5, 0.6) is 11.6 Å². The fraction of sp³-hybridized carbons (Fsp3) is 0.360. The van der Waals surface area contributed by atoms with Gasteiger partial charge in [-0.3, -0.25) is 14.8 Å². The first-order valence-corrected chi connectivity index (χ1v) is 11.4. The van der Waals surface area contributed by atoms with Gasteiger partial charge in [-0.05, 0) is 24.3 Å². The second kappa shape index (κ2) is 9.12. The van der Waals surface area contributed by atoms with E-state index in [9.17, 15) is 4.79 Å². The molecule has 1 N–H and O–H groups in total. The van der Waals surface area contributed by atoms with Crippen LogP contribution in [0.3, 0.4) is 0 Å². The van der Waals surface area contributed by atoms with Crippen LogP contribution in [0.2, 0.25) is 0 Å². The number of nitrogens with zero attached hydrogens (tertiary/aromatic N) is 5. The largest absolute Gasteiger partial charge is 0.439 e. The molecule has 0 aliphatic carbocycles. The normalized spacial score (nSPS) is 13.8. The number of hydrogen-bond donors (Lipinski definition) is 1. The molecule has 4 aromatic rings. The van der Waals surface area contributed by atoms with E-state index in [0.29, 0.717) is 36.4 Å². The van der Waals surface area contributed by atoms with Crippen molar-refractivity contribution in [1.29, 1.82) is 0 Å². The van der Waals surface area contributed by atoms with Crippen molar-refractivity contribution in [2.75, 3.05) is 25.6 Å². The summed E-state index contributed by atoms with van der Waals surface area (Å²) in [6.07, 6.45) is 3.24. The second-order valence-electron chi connectivity index (χ2n) is 9.57. The quantitative estimate of drug-likeness (QED) is 0.432. The van der Waals surface area contributed by atoms with E-state index in [1.165, 1.54) is 10.9 Å². The van der Waals surface area contributed by atoms with Gasteiger partial charge in [-0.1, -0.05) is 25.9 Å². The predicted molar refractivity (Wildman–Crippen MR) is 130 cm³/mol. The third-order valence-corrected chi connectivity index (χ3v) is 5.94. The number of nitrogens with one attached hydrogen (secondary N) is 1. The van der Waals surface area contributed by atoms with Crippen LogP contribution in [0.15, 0.2) is 47.4 Å². The standard InChI is InChI=1S/C25H28N6O4/c1-25(2,3)21-12-22(29-35-21)28-24(32)31-8-7-16-11-17(5-6-20(16)31)34-23-18-13-30(9-10-33-4)14-19(18)26-15-27-23/h5-8,11-12,15H,9-10,13-14H2,1-4H3,(H,28,29,32). The minimum Gasteiger partial charge on any atom is -0.439 e. The summed E-state index contributed by atoms with van der Waals surface area (Å²) < 4.78 is 18.2. The molecular weight excluding hydrogens is 448 g/mol. The molecule has 3 aromatic heterocycles. The van der Waals surface area contributed by atoms with Gasteiger partial charge in [0.1, 0.15) is 17.8 Å². The van der Waals surface area contributed by atoms with Crippen LogP contribution >= 0.6 is 0 Å². The lowest BCUT2D eigenvalue weighted by molar-refractivity contribution is 0.147. The Morgan fingerprint density at radius 1 is 1.17 bits per heavy atom. The van der Waals surface area contributed by atoms with Crippen LogP contribution in [0.25, 0.3) is 10.9 Å². The van der Waals surface area contributed by atoms with Gasteiger partial charge >= 0.3 is 6.03 Å². The molecular formula is C25H28N6O4. The topological polar surface area (TPSA) is 108 Å². The molecule has 1 aliphatic heterocycles. The zero-order valence-electron chi connectivity index (χ0n) is 20.2. The number of ether oxygens (including phenoxy) is 2. The lowest BCUT2D eigenvalue weighted by Gasteiger charge is -2.13. The van der Waals surface area contributed by atoms with Gasteiger partial charge in [-0.2, -0.15) is 0 Å². The molecule has 0 radical (unpaired) electrons. The molecule has 10 heteroatoms. The molecule has 5 rings (SSSR count). The molecule has 1 aromatic carbocycles. The lowest BCUT2D eigenvalue weighted by Crippen LogP contribution is -2.21. The van der Waals surface area contributed by atoms with E-state index >= 15 is 0 Å². The SMILES string of the molecule is COCCN1Cc2ncnc(Oc3ccc4c(ccn4C(=O)Nc4cc(C(C)(C)C)on4)c3)c2C1. The Morgan fingerprint density at radius 2 is 2.03 bits per heavy atom. The third kappa shape index (κ3) is 4.75. The Morgan fingerprint density at radius 3 is 2.80 bits per heavy atom. The molecule has 35 heavy (non-hydrogen) atoms. The van der Waals surface area contributed by atoms with Gasteiger partial charge in [0.2, 0.25) is 5.88 Å². The summed E-state index contributed by atoms with van der Waals surface area (Å²) in [6, 6.07) is 8.84. The van der Waals surface area contributed by atoms with Gasteiger partial charge in [0.25, 0.3) is 0 Å². The average Bonchev–Trinajstić information content (AvgIpc) is 3.55. The van der Waals surface area contributed by atoms with Crippen LogP contribution in [-0.2, 0) is 23.2 Å². The van der Waals surface area contributed by atoms with Crippen molar-refractivity contribution in [3.63, 3.8) is 0 Å². The van der Waals surface area contributed by atoms with E-state index < -0.39 is 0 Å². The summed E-state index contributed by atoms with van der Waals surface area (Å²) in [4.78, 5) is 23.9. The second-order valence-corrected chi connectivity index (χ2v) is 9.57. The first kappa shape index (κ1) is 23.0. The van der Waals surface area contributed by atoms with Crippen molar-refractivity contribution < 1.29 is 18.8 Å². The molecule has 0 bridgehead atoms. The summed E-state index contributed by atoms with van der Waals surface area (Å²) in [5.41, 5.74) is 2.51. The van der Waals surface area contributed by atoms with Crippen LogP contribution in [-0.4, -0.2) is 50.9 Å². The third-order valence-electron chi connectivity index (χ3n) is 5.94. The Labute approximate surface area is 202 Å². The molecule has 0 fully saturated rings. The van der Waals surface area contributed by atoms with E-state index in [4.69, 9.17) is 14.0 Å². The van der Waals surface area contributed by atoms with Crippen molar-refractivity contribution in [3.8, 4) is 11.6 Å². The van der Waals surface area contributed by atoms with Gasteiger partial charge in [-0.15, -0.1) is 0 Å². The number of fused-ring (bicyclic) bond motifs is 2. The Kier molecular flexibility index (Phi) is 6.00. The van der Waals surface area contributed by atoms with Crippen LogP contribution < -0.4 is 10.1 Å². The van der Waals surface area contributed by atoms with Crippen molar-refractivity contribution >= 4 is 22.8 Å². The van der Waals surface area contributed by atoms with Gasteiger partial charge < -0.3 is 14.0 Å². The maximum atomic E-state index is 12.9. The number of anilines is 1. The number of methoxy groups -OCH3 is 1. The number of hydrogen-bond acceptors (Lipinski definition) is 8. The number of aromatic nitrogens is 4. The van der Waals surface area contributed by atoms with E-state index in [-0.39, 0.29) is 11.4 Å². The first-order chi connectivity index (χ1) is 16.8. The fourth-order valence-corrected chi connectivity index (χ4v) is 4.01. The molecule has 1 aliphatic rings. The first-order valence-electron chi connectivity index (χ1n) is 11.4. The highest BCUT2D eigenvalue weighted by atomic mass is 16.5. The Hall–Kier alpha value is -3.76. The fourth-order valence-electron chi connectivity index (χ4n) is 4.01. The molecule has 4 heterocycles. The van der Waals surface area contributed by atoms with Gasteiger partial charge in [-0.25, -0.2) is 14.8 Å². The van der Waals surface area contributed by atoms with E-state index in [1.54, 1.807) is 19.4 Å². The van der Waals surface area contributed by atoms with E-state index in [1.807, 2.05) is 45.0 Å². The molecule has 182 valence electrons. The summed E-state index contributed by atoms with van der Waals surface area (Å²) in [7, 11) is 1.70. The number of rotatable bonds is 6. The summed E-state index contributed by atoms with van der Waals surface area (Å²) in [5.74, 6) is 2.26. The monoisotopic (exact) mass is 476 g/mol. The van der Waals surface area contributed by atoms with Crippen molar-refractivity contribution in [1.82, 2.24) is 24.6 Å². The maximum absolute atomic E-state index is 12.9. The van der Waals surface area contributed by atoms with E-state index in [0.717, 1.165) is 35.2 Å². The van der Waals surface area contributed by atoms with Crippen LogP contribution in [0.4, 0.5) is 10.6 Å². The minimum atomic E-state index is -0.327. The molecule has 0 atom stereocenters. The minimum absolute atomic E-state index is 0.196. The van der Waals surface area contributed by atoms with E-state index in [2.05, 4.69) is 25.3 Å². The zero-order valence-corrected chi connectivity index (χ0v) is 20.2. The molecule has 0 saturated carbocycles. The van der Waals surface area contributed by atoms with Crippen LogP contribution in [0.1, 0.15) is 37.8 Å². The van der Waals surface area contributed by atoms with Crippen molar-refractivity contribution in [2.24, 2.45) is 0 Å². The van der Waals surface area contributed by atoms with Gasteiger partial charge in [0, 0.05) is 49.8 Å². The van der Waals surface area contributed by atoms with Crippen LogP contribution in [0, 0.1) is 0 Å². The number of amides is 1. The molecule has 0 spiro atoms.